The lowest BCUT2D eigenvalue weighted by Crippen LogP contribution is -2.23. The number of aromatic nitrogens is 1. The van der Waals surface area contributed by atoms with E-state index in [-0.39, 0.29) is 5.91 Å². The Labute approximate surface area is 103 Å². The lowest BCUT2D eigenvalue weighted by Gasteiger charge is -1.99. The van der Waals surface area contributed by atoms with Crippen molar-refractivity contribution in [2.24, 2.45) is 0 Å². The molecule has 1 N–H and O–H groups in total. The Hall–Kier alpha value is -1.72. The molecule has 2 rings (SSSR count). The van der Waals surface area contributed by atoms with Crippen LogP contribution in [0.25, 0.3) is 10.6 Å². The summed E-state index contributed by atoms with van der Waals surface area (Å²) >= 11 is 1.44. The zero-order valence-corrected chi connectivity index (χ0v) is 10.2. The van der Waals surface area contributed by atoms with Crippen LogP contribution < -0.4 is 5.48 Å². The third kappa shape index (κ3) is 2.89. The van der Waals surface area contributed by atoms with E-state index in [4.69, 9.17) is 4.84 Å². The lowest BCUT2D eigenvalue weighted by atomic mass is 10.2. The zero-order chi connectivity index (χ0) is 12.1. The van der Waals surface area contributed by atoms with Gasteiger partial charge in [0.2, 0.25) is 0 Å². The van der Waals surface area contributed by atoms with Crippen molar-refractivity contribution in [1.82, 2.24) is 10.5 Å². The van der Waals surface area contributed by atoms with Crippen molar-refractivity contribution in [3.05, 3.63) is 41.4 Å². The predicted molar refractivity (Wildman–Crippen MR) is 66.6 cm³/mol. The van der Waals surface area contributed by atoms with Gasteiger partial charge in [-0.15, -0.1) is 11.3 Å². The van der Waals surface area contributed by atoms with E-state index < -0.39 is 0 Å². The molecule has 0 spiro atoms. The molecule has 1 amide bonds. The van der Waals surface area contributed by atoms with Crippen molar-refractivity contribution in [2.75, 3.05) is 6.61 Å². The lowest BCUT2D eigenvalue weighted by molar-refractivity contribution is 0.0360. The quantitative estimate of drug-likeness (QED) is 0.846. The minimum Gasteiger partial charge on any atom is -0.274 e. The van der Waals surface area contributed by atoms with Gasteiger partial charge in [0.1, 0.15) is 10.7 Å². The summed E-state index contributed by atoms with van der Waals surface area (Å²) in [6.07, 6.45) is 0. The average molecular weight is 248 g/mol. The topological polar surface area (TPSA) is 51.2 Å². The summed E-state index contributed by atoms with van der Waals surface area (Å²) in [5.74, 6) is -0.315. The fraction of sp³-hybridized carbons (Fsp3) is 0.167. The molecule has 4 nitrogen and oxygen atoms in total. The highest BCUT2D eigenvalue weighted by molar-refractivity contribution is 7.13. The number of carbonyl (C=O) groups is 1. The summed E-state index contributed by atoms with van der Waals surface area (Å²) in [4.78, 5) is 20.6. The van der Waals surface area contributed by atoms with Crippen LogP contribution >= 0.6 is 11.3 Å². The van der Waals surface area contributed by atoms with Gasteiger partial charge in [0.05, 0.1) is 6.61 Å². The maximum Gasteiger partial charge on any atom is 0.294 e. The Morgan fingerprint density at radius 1 is 1.41 bits per heavy atom. The maximum atomic E-state index is 11.6. The number of thiazole rings is 1. The Kier molecular flexibility index (Phi) is 3.85. The van der Waals surface area contributed by atoms with E-state index in [1.165, 1.54) is 11.3 Å². The number of rotatable bonds is 4. The second-order valence-corrected chi connectivity index (χ2v) is 4.13. The first-order valence-corrected chi connectivity index (χ1v) is 6.12. The second kappa shape index (κ2) is 5.56. The minimum atomic E-state index is -0.315. The number of nitrogens with one attached hydrogen (secondary N) is 1. The Morgan fingerprint density at radius 3 is 2.88 bits per heavy atom. The molecule has 1 aromatic heterocycles. The van der Waals surface area contributed by atoms with Gasteiger partial charge in [0, 0.05) is 10.9 Å². The van der Waals surface area contributed by atoms with Crippen LogP contribution in [-0.2, 0) is 4.84 Å². The summed E-state index contributed by atoms with van der Waals surface area (Å²) in [5, 5.41) is 2.55. The Balaban J connectivity index is 2.14. The van der Waals surface area contributed by atoms with E-state index in [0.717, 1.165) is 10.6 Å². The van der Waals surface area contributed by atoms with Gasteiger partial charge < -0.3 is 0 Å². The smallest absolute Gasteiger partial charge is 0.274 e. The van der Waals surface area contributed by atoms with E-state index in [0.29, 0.717) is 12.3 Å². The van der Waals surface area contributed by atoms with E-state index in [2.05, 4.69) is 10.5 Å². The molecule has 0 bridgehead atoms. The summed E-state index contributed by atoms with van der Waals surface area (Å²) in [7, 11) is 0. The van der Waals surface area contributed by atoms with Crippen molar-refractivity contribution in [1.29, 1.82) is 0 Å². The molecule has 0 atom stereocenters. The van der Waals surface area contributed by atoms with Crippen LogP contribution in [0.1, 0.15) is 17.4 Å². The molecule has 1 heterocycles. The first-order valence-electron chi connectivity index (χ1n) is 5.24. The van der Waals surface area contributed by atoms with Crippen molar-refractivity contribution >= 4 is 17.2 Å². The largest absolute Gasteiger partial charge is 0.294 e. The van der Waals surface area contributed by atoms with Crippen LogP contribution in [0.3, 0.4) is 0 Å². The van der Waals surface area contributed by atoms with Crippen LogP contribution in [0.5, 0.6) is 0 Å². The molecule has 0 aliphatic rings. The van der Waals surface area contributed by atoms with Crippen molar-refractivity contribution in [3.63, 3.8) is 0 Å². The number of hydroxylamine groups is 1. The van der Waals surface area contributed by atoms with Gasteiger partial charge in [0.15, 0.2) is 0 Å². The highest BCUT2D eigenvalue weighted by Gasteiger charge is 2.11. The average Bonchev–Trinajstić information content (AvgIpc) is 2.86. The van der Waals surface area contributed by atoms with Gasteiger partial charge >= 0.3 is 0 Å². The molecule has 0 saturated carbocycles. The predicted octanol–water partition coefficient (Wildman–Crippen LogP) is 2.49. The standard InChI is InChI=1S/C12H12N2O2S/c1-2-16-14-11(15)10-8-17-12(13-10)9-6-4-3-5-7-9/h3-8H,2H2,1H3,(H,14,15). The van der Waals surface area contributed by atoms with E-state index in [1.54, 1.807) is 12.3 Å². The number of hydrogen-bond donors (Lipinski definition) is 1. The van der Waals surface area contributed by atoms with Gasteiger partial charge in [-0.05, 0) is 6.92 Å². The van der Waals surface area contributed by atoms with Crippen molar-refractivity contribution < 1.29 is 9.63 Å². The summed E-state index contributed by atoms with van der Waals surface area (Å²) < 4.78 is 0. The highest BCUT2D eigenvalue weighted by atomic mass is 32.1. The fourth-order valence-corrected chi connectivity index (χ4v) is 2.09. The molecule has 88 valence electrons. The van der Waals surface area contributed by atoms with Crippen LogP contribution in [-0.4, -0.2) is 17.5 Å². The first kappa shape index (κ1) is 11.8. The first-order chi connectivity index (χ1) is 8.31. The number of carbonyl (C=O) groups excluding carboxylic acids is 1. The summed E-state index contributed by atoms with van der Waals surface area (Å²) in [5.41, 5.74) is 3.70. The van der Waals surface area contributed by atoms with Crippen LogP contribution in [0.4, 0.5) is 0 Å². The van der Waals surface area contributed by atoms with E-state index >= 15 is 0 Å². The molecule has 0 fully saturated rings. The maximum absolute atomic E-state index is 11.6. The van der Waals surface area contributed by atoms with Gasteiger partial charge in [0.25, 0.3) is 5.91 Å². The molecule has 0 saturated heterocycles. The number of hydrogen-bond acceptors (Lipinski definition) is 4. The number of benzene rings is 1. The zero-order valence-electron chi connectivity index (χ0n) is 9.34. The van der Waals surface area contributed by atoms with Crippen molar-refractivity contribution in [3.8, 4) is 10.6 Å². The molecule has 0 unspecified atom stereocenters. The number of amides is 1. The van der Waals surface area contributed by atoms with Gasteiger partial charge in [-0.2, -0.15) is 0 Å². The van der Waals surface area contributed by atoms with Crippen LogP contribution in [0, 0.1) is 0 Å². The molecular weight excluding hydrogens is 236 g/mol. The Bertz CT molecular complexity index is 496. The molecule has 0 aliphatic heterocycles. The summed E-state index contributed by atoms with van der Waals surface area (Å²) in [6, 6.07) is 9.75. The van der Waals surface area contributed by atoms with Crippen molar-refractivity contribution in [2.45, 2.75) is 6.92 Å². The monoisotopic (exact) mass is 248 g/mol. The molecule has 5 heteroatoms. The molecule has 17 heavy (non-hydrogen) atoms. The minimum absolute atomic E-state index is 0.315. The van der Waals surface area contributed by atoms with Gasteiger partial charge in [-0.3, -0.25) is 9.63 Å². The van der Waals surface area contributed by atoms with Crippen LogP contribution in [0.15, 0.2) is 35.7 Å². The molecule has 0 aliphatic carbocycles. The van der Waals surface area contributed by atoms with E-state index in [9.17, 15) is 4.79 Å². The number of nitrogens with zero attached hydrogens (tertiary/aromatic N) is 1. The highest BCUT2D eigenvalue weighted by Crippen LogP contribution is 2.23. The van der Waals surface area contributed by atoms with Crippen LogP contribution in [0.2, 0.25) is 0 Å². The normalized spacial score (nSPS) is 10.2. The third-order valence-electron chi connectivity index (χ3n) is 2.07. The Morgan fingerprint density at radius 2 is 2.18 bits per heavy atom. The molecular formula is C12H12N2O2S. The van der Waals surface area contributed by atoms with E-state index in [1.807, 2.05) is 30.3 Å². The third-order valence-corrected chi connectivity index (χ3v) is 2.96. The molecule has 2 aromatic rings. The van der Waals surface area contributed by atoms with Gasteiger partial charge in [-0.25, -0.2) is 10.5 Å². The fourth-order valence-electron chi connectivity index (χ4n) is 1.28. The second-order valence-electron chi connectivity index (χ2n) is 3.27. The molecule has 1 aromatic carbocycles. The molecule has 0 radical (unpaired) electrons. The summed E-state index contributed by atoms with van der Waals surface area (Å²) in [6.45, 7) is 2.23. The SMILES string of the molecule is CCONC(=O)c1csc(-c2ccccc2)n1. The van der Waals surface area contributed by atoms with Gasteiger partial charge in [-0.1, -0.05) is 30.3 Å².